The molecule has 1 aliphatic carbocycles. The summed E-state index contributed by atoms with van der Waals surface area (Å²) in [4.78, 5) is 11.5. The van der Waals surface area contributed by atoms with Crippen LogP contribution in [0.25, 0.3) is 0 Å². The van der Waals surface area contributed by atoms with Gasteiger partial charge in [-0.3, -0.25) is 4.79 Å². The molecule has 1 saturated carbocycles. The minimum absolute atomic E-state index is 0.260. The zero-order chi connectivity index (χ0) is 10.8. The van der Waals surface area contributed by atoms with Crippen LogP contribution in [-0.4, -0.2) is 17.6 Å². The maximum atomic E-state index is 11.5. The fraction of sp³-hybridized carbons (Fsp3) is 0.909. The van der Waals surface area contributed by atoms with Gasteiger partial charge >= 0.3 is 5.97 Å². The minimum Gasteiger partial charge on any atom is -0.459 e. The van der Waals surface area contributed by atoms with E-state index in [0.29, 0.717) is 5.92 Å². The second-order valence-electron chi connectivity index (χ2n) is 5.17. The molecule has 0 aromatic carbocycles. The lowest BCUT2D eigenvalue weighted by atomic mass is 9.81. The fourth-order valence-electron chi connectivity index (χ4n) is 1.56. The number of hydrogen-bond donors (Lipinski definition) is 1. The van der Waals surface area contributed by atoms with Gasteiger partial charge in [0.25, 0.3) is 0 Å². The Kier molecular flexibility index (Phi) is 3.53. The summed E-state index contributed by atoms with van der Waals surface area (Å²) < 4.78 is 5.21. The van der Waals surface area contributed by atoms with Gasteiger partial charge in [-0.25, -0.2) is 0 Å². The summed E-state index contributed by atoms with van der Waals surface area (Å²) in [5, 5.41) is 0. The first-order valence-electron chi connectivity index (χ1n) is 5.37. The van der Waals surface area contributed by atoms with Gasteiger partial charge in [0, 0.05) is 0 Å². The van der Waals surface area contributed by atoms with Crippen LogP contribution >= 0.6 is 0 Å². The SMILES string of the molecule is CC(C)(C)OC(=O)[C@@H](N)CC1CCC1. The monoisotopic (exact) mass is 199 g/mol. The molecule has 2 N–H and O–H groups in total. The molecule has 0 aromatic heterocycles. The van der Waals surface area contributed by atoms with E-state index in [9.17, 15) is 4.79 Å². The van der Waals surface area contributed by atoms with Gasteiger partial charge in [-0.1, -0.05) is 19.3 Å². The van der Waals surface area contributed by atoms with E-state index in [4.69, 9.17) is 10.5 Å². The van der Waals surface area contributed by atoms with E-state index in [0.717, 1.165) is 6.42 Å². The van der Waals surface area contributed by atoms with Gasteiger partial charge in [0.05, 0.1) is 0 Å². The highest BCUT2D eigenvalue weighted by Gasteiger charge is 2.27. The molecule has 0 radical (unpaired) electrons. The van der Waals surface area contributed by atoms with Crippen molar-refractivity contribution in [3.05, 3.63) is 0 Å². The van der Waals surface area contributed by atoms with Gasteiger partial charge < -0.3 is 10.5 Å². The molecule has 3 nitrogen and oxygen atoms in total. The molecule has 3 heteroatoms. The van der Waals surface area contributed by atoms with Crippen molar-refractivity contribution >= 4 is 5.97 Å². The Balaban J connectivity index is 2.28. The molecule has 0 spiro atoms. The third kappa shape index (κ3) is 3.66. The molecule has 14 heavy (non-hydrogen) atoms. The second kappa shape index (κ2) is 4.30. The summed E-state index contributed by atoms with van der Waals surface area (Å²) in [6, 6.07) is -0.431. The summed E-state index contributed by atoms with van der Waals surface area (Å²) in [6.45, 7) is 5.59. The predicted molar refractivity (Wildman–Crippen MR) is 55.8 cm³/mol. The largest absolute Gasteiger partial charge is 0.459 e. The van der Waals surface area contributed by atoms with Gasteiger partial charge in [0.1, 0.15) is 11.6 Å². The Morgan fingerprint density at radius 2 is 2.07 bits per heavy atom. The van der Waals surface area contributed by atoms with Crippen molar-refractivity contribution in [2.75, 3.05) is 0 Å². The molecular weight excluding hydrogens is 178 g/mol. The topological polar surface area (TPSA) is 52.3 Å². The number of ether oxygens (including phenoxy) is 1. The first kappa shape index (κ1) is 11.5. The zero-order valence-electron chi connectivity index (χ0n) is 9.38. The first-order valence-corrected chi connectivity index (χ1v) is 5.37. The normalized spacial score (nSPS) is 20.0. The lowest BCUT2D eigenvalue weighted by Crippen LogP contribution is -2.39. The third-order valence-electron chi connectivity index (χ3n) is 2.52. The predicted octanol–water partition coefficient (Wildman–Crippen LogP) is 1.85. The van der Waals surface area contributed by atoms with E-state index in [1.165, 1.54) is 19.3 Å². The van der Waals surface area contributed by atoms with Gasteiger partial charge in [0.15, 0.2) is 0 Å². The van der Waals surface area contributed by atoms with Crippen LogP contribution in [0.2, 0.25) is 0 Å². The Bertz CT molecular complexity index is 204. The maximum absolute atomic E-state index is 11.5. The van der Waals surface area contributed by atoms with Gasteiger partial charge in [-0.05, 0) is 33.1 Å². The molecule has 82 valence electrons. The van der Waals surface area contributed by atoms with E-state index in [2.05, 4.69) is 0 Å². The van der Waals surface area contributed by atoms with Gasteiger partial charge in [0.2, 0.25) is 0 Å². The number of hydrogen-bond acceptors (Lipinski definition) is 3. The lowest BCUT2D eigenvalue weighted by Gasteiger charge is -2.28. The van der Waals surface area contributed by atoms with Crippen molar-refractivity contribution in [3.8, 4) is 0 Å². The van der Waals surface area contributed by atoms with Crippen LogP contribution in [-0.2, 0) is 9.53 Å². The second-order valence-corrected chi connectivity index (χ2v) is 5.17. The third-order valence-corrected chi connectivity index (χ3v) is 2.52. The fourth-order valence-corrected chi connectivity index (χ4v) is 1.56. The van der Waals surface area contributed by atoms with Crippen LogP contribution in [0.5, 0.6) is 0 Å². The van der Waals surface area contributed by atoms with E-state index >= 15 is 0 Å². The molecular formula is C11H21NO2. The average molecular weight is 199 g/mol. The Hall–Kier alpha value is -0.570. The molecule has 1 rings (SSSR count). The number of esters is 1. The number of rotatable bonds is 3. The van der Waals surface area contributed by atoms with E-state index in [1.54, 1.807) is 0 Å². The molecule has 0 bridgehead atoms. The summed E-state index contributed by atoms with van der Waals surface area (Å²) in [6.07, 6.45) is 4.51. The Morgan fingerprint density at radius 3 is 2.43 bits per heavy atom. The van der Waals surface area contributed by atoms with E-state index in [-0.39, 0.29) is 5.97 Å². The highest BCUT2D eigenvalue weighted by Crippen LogP contribution is 2.30. The van der Waals surface area contributed by atoms with Crippen LogP contribution in [0.3, 0.4) is 0 Å². The Labute approximate surface area is 86.0 Å². The van der Waals surface area contributed by atoms with Crippen molar-refractivity contribution < 1.29 is 9.53 Å². The minimum atomic E-state index is -0.431. The molecule has 0 unspecified atom stereocenters. The highest BCUT2D eigenvalue weighted by molar-refractivity contribution is 5.75. The van der Waals surface area contributed by atoms with Gasteiger partial charge in [-0.2, -0.15) is 0 Å². The van der Waals surface area contributed by atoms with Crippen LogP contribution in [0.1, 0.15) is 46.5 Å². The maximum Gasteiger partial charge on any atom is 0.323 e. The summed E-state index contributed by atoms with van der Waals surface area (Å²) in [5.74, 6) is 0.391. The smallest absolute Gasteiger partial charge is 0.323 e. The molecule has 1 atom stereocenters. The lowest BCUT2D eigenvalue weighted by molar-refractivity contribution is -0.157. The van der Waals surface area contributed by atoms with Crippen molar-refractivity contribution in [1.82, 2.24) is 0 Å². The van der Waals surface area contributed by atoms with E-state index < -0.39 is 11.6 Å². The molecule has 0 amide bonds. The van der Waals surface area contributed by atoms with E-state index in [1.807, 2.05) is 20.8 Å². The molecule has 1 aliphatic rings. The molecule has 0 aliphatic heterocycles. The highest BCUT2D eigenvalue weighted by atomic mass is 16.6. The van der Waals surface area contributed by atoms with Crippen molar-refractivity contribution in [1.29, 1.82) is 0 Å². The molecule has 0 saturated heterocycles. The number of carbonyl (C=O) groups excluding carboxylic acids is 1. The van der Waals surface area contributed by atoms with Crippen LogP contribution in [0, 0.1) is 5.92 Å². The first-order chi connectivity index (χ1) is 6.38. The molecule has 0 aromatic rings. The van der Waals surface area contributed by atoms with Crippen molar-refractivity contribution in [3.63, 3.8) is 0 Å². The van der Waals surface area contributed by atoms with Crippen LogP contribution < -0.4 is 5.73 Å². The van der Waals surface area contributed by atoms with Crippen molar-refractivity contribution in [2.45, 2.75) is 58.1 Å². The molecule has 1 fully saturated rings. The average Bonchev–Trinajstić information content (AvgIpc) is 1.92. The van der Waals surface area contributed by atoms with Crippen LogP contribution in [0.4, 0.5) is 0 Å². The number of nitrogens with two attached hydrogens (primary N) is 1. The van der Waals surface area contributed by atoms with Gasteiger partial charge in [-0.15, -0.1) is 0 Å². The van der Waals surface area contributed by atoms with Crippen molar-refractivity contribution in [2.24, 2.45) is 11.7 Å². The quantitative estimate of drug-likeness (QED) is 0.706. The molecule has 0 heterocycles. The summed E-state index contributed by atoms with van der Waals surface area (Å²) in [7, 11) is 0. The summed E-state index contributed by atoms with van der Waals surface area (Å²) >= 11 is 0. The zero-order valence-corrected chi connectivity index (χ0v) is 9.38. The standard InChI is InChI=1S/C11H21NO2/c1-11(2,3)14-10(13)9(12)7-8-5-4-6-8/h8-9H,4-7,12H2,1-3H3/t9-/m0/s1. The van der Waals surface area contributed by atoms with Crippen LogP contribution in [0.15, 0.2) is 0 Å². The Morgan fingerprint density at radius 1 is 1.50 bits per heavy atom. The summed E-state index contributed by atoms with van der Waals surface area (Å²) in [5.41, 5.74) is 5.34. The number of carbonyl (C=O) groups is 1.